The highest BCUT2D eigenvalue weighted by atomic mass is 16.5. The lowest BCUT2D eigenvalue weighted by Gasteiger charge is -2.22. The van der Waals surface area contributed by atoms with Crippen LogP contribution >= 0.6 is 0 Å². The van der Waals surface area contributed by atoms with Gasteiger partial charge in [-0.25, -0.2) is 4.79 Å². The molecule has 2 rings (SSSR count). The maximum atomic E-state index is 12.4. The van der Waals surface area contributed by atoms with E-state index in [-0.39, 0.29) is 18.4 Å². The minimum absolute atomic E-state index is 0.128. The summed E-state index contributed by atoms with van der Waals surface area (Å²) in [6, 6.07) is 8.36. The molecule has 0 radical (unpaired) electrons. The average molecular weight is 319 g/mol. The molecule has 2 N–H and O–H groups in total. The number of benzene rings is 1. The number of rotatable bonds is 8. The number of carboxylic acid groups (broad SMARTS) is 1. The van der Waals surface area contributed by atoms with Crippen LogP contribution in [0.25, 0.3) is 0 Å². The molecule has 0 bridgehead atoms. The monoisotopic (exact) mass is 319 g/mol. The number of ether oxygens (including phenoxy) is 1. The maximum absolute atomic E-state index is 12.4. The molecule has 1 saturated carbocycles. The summed E-state index contributed by atoms with van der Waals surface area (Å²) < 4.78 is 5.85. The molecule has 0 heterocycles. The van der Waals surface area contributed by atoms with Crippen molar-refractivity contribution in [2.45, 2.75) is 63.7 Å². The third kappa shape index (κ3) is 5.36. The number of nitrogens with one attached hydrogen (secondary N) is 1. The number of aliphatic carboxylic acids is 1. The van der Waals surface area contributed by atoms with E-state index in [2.05, 4.69) is 5.32 Å². The van der Waals surface area contributed by atoms with Gasteiger partial charge < -0.3 is 15.2 Å². The lowest BCUT2D eigenvalue weighted by molar-refractivity contribution is -0.145. The predicted molar refractivity (Wildman–Crippen MR) is 87.1 cm³/mol. The Kier molecular flexibility index (Phi) is 6.59. The van der Waals surface area contributed by atoms with Crippen molar-refractivity contribution in [3.05, 3.63) is 35.9 Å². The molecule has 2 atom stereocenters. The minimum atomic E-state index is -1.03. The van der Waals surface area contributed by atoms with Gasteiger partial charge in [0.25, 0.3) is 0 Å². The van der Waals surface area contributed by atoms with E-state index >= 15 is 0 Å². The molecule has 1 unspecified atom stereocenters. The van der Waals surface area contributed by atoms with Crippen LogP contribution in [-0.4, -0.2) is 35.2 Å². The van der Waals surface area contributed by atoms with E-state index in [1.807, 2.05) is 37.3 Å². The van der Waals surface area contributed by atoms with E-state index in [9.17, 15) is 14.7 Å². The zero-order valence-electron chi connectivity index (χ0n) is 13.5. The first-order valence-corrected chi connectivity index (χ1v) is 8.32. The fourth-order valence-corrected chi connectivity index (χ4v) is 2.91. The smallest absolute Gasteiger partial charge is 0.326 e. The van der Waals surface area contributed by atoms with Crippen LogP contribution in [0.1, 0.15) is 44.6 Å². The molecule has 1 aliphatic carbocycles. The average Bonchev–Trinajstić information content (AvgIpc) is 3.05. The van der Waals surface area contributed by atoms with Crippen LogP contribution in [0.2, 0.25) is 0 Å². The molecular formula is C18H25NO4. The highest BCUT2D eigenvalue weighted by Gasteiger charge is 2.28. The molecule has 5 heteroatoms. The first-order chi connectivity index (χ1) is 11.1. The Morgan fingerprint density at radius 3 is 2.48 bits per heavy atom. The van der Waals surface area contributed by atoms with Crippen molar-refractivity contribution in [3.8, 4) is 0 Å². The summed E-state index contributed by atoms with van der Waals surface area (Å²) in [5.74, 6) is -1.36. The van der Waals surface area contributed by atoms with Crippen LogP contribution in [0.4, 0.5) is 0 Å². The molecule has 23 heavy (non-hydrogen) atoms. The third-order valence-electron chi connectivity index (χ3n) is 4.22. The van der Waals surface area contributed by atoms with Crippen LogP contribution in [-0.2, 0) is 20.7 Å². The van der Waals surface area contributed by atoms with Crippen molar-refractivity contribution >= 4 is 11.9 Å². The predicted octanol–water partition coefficient (Wildman–Crippen LogP) is 2.54. The van der Waals surface area contributed by atoms with E-state index in [4.69, 9.17) is 4.74 Å². The maximum Gasteiger partial charge on any atom is 0.326 e. The van der Waals surface area contributed by atoms with E-state index in [1.54, 1.807) is 0 Å². The molecule has 0 saturated heterocycles. The zero-order chi connectivity index (χ0) is 16.7. The minimum Gasteiger partial charge on any atom is -0.480 e. The number of hydrogen-bond acceptors (Lipinski definition) is 3. The van der Waals surface area contributed by atoms with E-state index in [0.717, 1.165) is 31.2 Å². The van der Waals surface area contributed by atoms with Crippen molar-refractivity contribution in [1.82, 2.24) is 5.32 Å². The van der Waals surface area contributed by atoms with Crippen molar-refractivity contribution in [3.63, 3.8) is 0 Å². The SMILES string of the molecule is CCC(OC1CCCC1)C(=O)N[C@H](Cc1ccccc1)C(=O)O. The van der Waals surface area contributed by atoms with Gasteiger partial charge >= 0.3 is 5.97 Å². The molecule has 1 aliphatic rings. The van der Waals surface area contributed by atoms with Gasteiger partial charge in [-0.3, -0.25) is 4.79 Å². The number of carbonyl (C=O) groups excluding carboxylic acids is 1. The van der Waals surface area contributed by atoms with Crippen LogP contribution in [0, 0.1) is 0 Å². The summed E-state index contributed by atoms with van der Waals surface area (Å²) in [5, 5.41) is 12.0. The molecule has 0 aromatic heterocycles. The Bertz CT molecular complexity index is 511. The van der Waals surface area contributed by atoms with Crippen molar-refractivity contribution in [2.75, 3.05) is 0 Å². The second-order valence-corrected chi connectivity index (χ2v) is 6.03. The Morgan fingerprint density at radius 1 is 1.26 bits per heavy atom. The van der Waals surface area contributed by atoms with Gasteiger partial charge in [0.2, 0.25) is 5.91 Å². The summed E-state index contributed by atoms with van der Waals surface area (Å²) in [5.41, 5.74) is 0.880. The van der Waals surface area contributed by atoms with Gasteiger partial charge in [-0.2, -0.15) is 0 Å². The topological polar surface area (TPSA) is 75.6 Å². The summed E-state index contributed by atoms with van der Waals surface area (Å²) in [6.07, 6.45) is 4.59. The Morgan fingerprint density at radius 2 is 1.91 bits per heavy atom. The van der Waals surface area contributed by atoms with Crippen LogP contribution in [0.15, 0.2) is 30.3 Å². The highest BCUT2D eigenvalue weighted by molar-refractivity contribution is 5.86. The summed E-state index contributed by atoms with van der Waals surface area (Å²) in [7, 11) is 0. The first kappa shape index (κ1) is 17.5. The van der Waals surface area contributed by atoms with Crippen LogP contribution in [0.3, 0.4) is 0 Å². The molecular weight excluding hydrogens is 294 g/mol. The van der Waals surface area contributed by atoms with E-state index in [1.165, 1.54) is 0 Å². The van der Waals surface area contributed by atoms with Crippen LogP contribution in [0.5, 0.6) is 0 Å². The quantitative estimate of drug-likeness (QED) is 0.772. The van der Waals surface area contributed by atoms with Gasteiger partial charge in [0.15, 0.2) is 0 Å². The van der Waals surface area contributed by atoms with Gasteiger partial charge in [-0.1, -0.05) is 50.1 Å². The van der Waals surface area contributed by atoms with E-state index < -0.39 is 18.1 Å². The fourth-order valence-electron chi connectivity index (χ4n) is 2.91. The highest BCUT2D eigenvalue weighted by Crippen LogP contribution is 2.23. The normalized spacial score (nSPS) is 17.6. The number of carboxylic acids is 1. The second kappa shape index (κ2) is 8.67. The Hall–Kier alpha value is -1.88. The van der Waals surface area contributed by atoms with Crippen LogP contribution < -0.4 is 5.32 Å². The first-order valence-electron chi connectivity index (χ1n) is 8.32. The molecule has 0 aliphatic heterocycles. The van der Waals surface area contributed by atoms with Gasteiger partial charge in [0, 0.05) is 6.42 Å². The lowest BCUT2D eigenvalue weighted by atomic mass is 10.1. The van der Waals surface area contributed by atoms with Crippen molar-refractivity contribution in [1.29, 1.82) is 0 Å². The standard InChI is InChI=1S/C18H25NO4/c1-2-16(23-14-10-6-7-11-14)17(20)19-15(18(21)22)12-13-8-4-3-5-9-13/h3-5,8-9,14-16H,2,6-7,10-12H2,1H3,(H,19,20)(H,21,22)/t15-,16?/m1/s1. The van der Waals surface area contributed by atoms with E-state index in [0.29, 0.717) is 6.42 Å². The molecule has 1 aromatic rings. The lowest BCUT2D eigenvalue weighted by Crippen LogP contribution is -2.47. The number of carbonyl (C=O) groups is 2. The molecule has 1 amide bonds. The Labute approximate surface area is 137 Å². The molecule has 5 nitrogen and oxygen atoms in total. The summed E-state index contributed by atoms with van der Waals surface area (Å²) in [4.78, 5) is 23.8. The summed E-state index contributed by atoms with van der Waals surface area (Å²) >= 11 is 0. The second-order valence-electron chi connectivity index (χ2n) is 6.03. The number of amides is 1. The Balaban J connectivity index is 1.94. The van der Waals surface area contributed by atoms with Gasteiger partial charge in [-0.05, 0) is 24.8 Å². The van der Waals surface area contributed by atoms with Gasteiger partial charge in [-0.15, -0.1) is 0 Å². The largest absolute Gasteiger partial charge is 0.480 e. The molecule has 1 fully saturated rings. The fraction of sp³-hybridized carbons (Fsp3) is 0.556. The molecule has 1 aromatic carbocycles. The number of hydrogen-bond donors (Lipinski definition) is 2. The van der Waals surface area contributed by atoms with Gasteiger partial charge in [0.05, 0.1) is 6.10 Å². The van der Waals surface area contributed by atoms with Crippen molar-refractivity contribution < 1.29 is 19.4 Å². The van der Waals surface area contributed by atoms with Gasteiger partial charge in [0.1, 0.15) is 12.1 Å². The molecule has 126 valence electrons. The molecule has 0 spiro atoms. The summed E-state index contributed by atoms with van der Waals surface area (Å²) in [6.45, 7) is 1.88. The van der Waals surface area contributed by atoms with Crippen molar-refractivity contribution in [2.24, 2.45) is 0 Å². The zero-order valence-corrected chi connectivity index (χ0v) is 13.5. The third-order valence-corrected chi connectivity index (χ3v) is 4.22.